The van der Waals surface area contributed by atoms with E-state index in [1.54, 1.807) is 0 Å². The third-order valence-corrected chi connectivity index (χ3v) is 5.14. The van der Waals surface area contributed by atoms with E-state index in [0.717, 1.165) is 0 Å². The average molecular weight is 424 g/mol. The second-order valence-electron chi connectivity index (χ2n) is 6.02. The number of anilines is 1. The van der Waals surface area contributed by atoms with Gasteiger partial charge in [0, 0.05) is 12.6 Å². The number of ether oxygens (including phenoxy) is 2. The first-order valence-corrected chi connectivity index (χ1v) is 10.1. The van der Waals surface area contributed by atoms with Crippen molar-refractivity contribution in [2.75, 3.05) is 18.5 Å². The molecule has 0 radical (unpaired) electrons. The number of carbonyl (C=O) groups excluding carboxylic acids is 2. The van der Waals surface area contributed by atoms with Crippen molar-refractivity contribution in [2.45, 2.75) is 24.8 Å². The van der Waals surface area contributed by atoms with E-state index in [9.17, 15) is 22.4 Å². The normalized spacial score (nSPS) is 12.1. The van der Waals surface area contributed by atoms with Crippen LogP contribution in [0.25, 0.3) is 0 Å². The summed E-state index contributed by atoms with van der Waals surface area (Å²) in [5.41, 5.74) is 0.449. The Morgan fingerprint density at radius 2 is 1.66 bits per heavy atom. The van der Waals surface area contributed by atoms with Crippen LogP contribution < -0.4 is 14.8 Å². The first kappa shape index (κ1) is 22.3. The zero-order valence-corrected chi connectivity index (χ0v) is 16.7. The third kappa shape index (κ3) is 7.16. The lowest BCUT2D eigenvalue weighted by atomic mass is 10.3. The average Bonchev–Trinajstić information content (AvgIpc) is 2.66. The first-order valence-electron chi connectivity index (χ1n) is 8.62. The highest BCUT2D eigenvalue weighted by atomic mass is 32.2. The molecule has 29 heavy (non-hydrogen) atoms. The van der Waals surface area contributed by atoms with Crippen LogP contribution in [0.4, 0.5) is 10.1 Å². The van der Waals surface area contributed by atoms with Crippen LogP contribution >= 0.6 is 0 Å². The number of nitrogens with one attached hydrogen (secondary N) is 2. The van der Waals surface area contributed by atoms with Crippen LogP contribution in [0.3, 0.4) is 0 Å². The molecule has 10 heteroatoms. The number of hydrogen-bond donors (Lipinski definition) is 2. The van der Waals surface area contributed by atoms with Gasteiger partial charge in [-0.2, -0.15) is 4.72 Å². The standard InChI is InChI=1S/C19H21FN2O6S/c1-13(19(24)28-12-11-27-17-7-3-15(20)4-8-17)22-29(25,26)18-9-5-16(6-10-18)21-14(2)23/h3-10,13,22H,11-12H2,1-2H3,(H,21,23)/t13-/m1/s1. The zero-order valence-electron chi connectivity index (χ0n) is 15.8. The molecule has 8 nitrogen and oxygen atoms in total. The van der Waals surface area contributed by atoms with E-state index in [2.05, 4.69) is 10.0 Å². The van der Waals surface area contributed by atoms with Crippen LogP contribution in [-0.4, -0.2) is 39.5 Å². The van der Waals surface area contributed by atoms with E-state index in [4.69, 9.17) is 9.47 Å². The molecule has 0 saturated heterocycles. The molecule has 0 heterocycles. The molecule has 1 amide bonds. The van der Waals surface area contributed by atoms with Crippen molar-refractivity contribution in [3.05, 3.63) is 54.3 Å². The van der Waals surface area contributed by atoms with Crippen molar-refractivity contribution in [2.24, 2.45) is 0 Å². The lowest BCUT2D eigenvalue weighted by Crippen LogP contribution is -2.39. The van der Waals surface area contributed by atoms with Gasteiger partial charge in [-0.15, -0.1) is 0 Å². The largest absolute Gasteiger partial charge is 0.490 e. The van der Waals surface area contributed by atoms with Gasteiger partial charge in [0.05, 0.1) is 4.90 Å². The van der Waals surface area contributed by atoms with Crippen molar-refractivity contribution in [1.82, 2.24) is 4.72 Å². The minimum absolute atomic E-state index is 0.0292. The molecule has 0 saturated carbocycles. The Hall–Kier alpha value is -2.98. The number of carbonyl (C=O) groups is 2. The summed E-state index contributed by atoms with van der Waals surface area (Å²) in [5.74, 6) is -1.03. The lowest BCUT2D eigenvalue weighted by molar-refractivity contribution is -0.145. The van der Waals surface area contributed by atoms with Crippen molar-refractivity contribution in [1.29, 1.82) is 0 Å². The summed E-state index contributed by atoms with van der Waals surface area (Å²) >= 11 is 0. The van der Waals surface area contributed by atoms with Gasteiger partial charge in [-0.25, -0.2) is 12.8 Å². The highest BCUT2D eigenvalue weighted by Gasteiger charge is 2.23. The summed E-state index contributed by atoms with van der Waals surface area (Å²) in [6.45, 7) is 2.62. The van der Waals surface area contributed by atoms with Gasteiger partial charge in [-0.1, -0.05) is 0 Å². The molecule has 1 atom stereocenters. The molecule has 2 aromatic rings. The Labute approximate surface area is 168 Å². The SMILES string of the molecule is CC(=O)Nc1ccc(S(=O)(=O)N[C@H](C)C(=O)OCCOc2ccc(F)cc2)cc1. The van der Waals surface area contributed by atoms with E-state index in [-0.39, 0.29) is 24.0 Å². The van der Waals surface area contributed by atoms with E-state index in [0.29, 0.717) is 11.4 Å². The van der Waals surface area contributed by atoms with Gasteiger partial charge in [-0.3, -0.25) is 9.59 Å². The van der Waals surface area contributed by atoms with E-state index in [1.807, 2.05) is 0 Å². The maximum Gasteiger partial charge on any atom is 0.324 e. The topological polar surface area (TPSA) is 111 Å². The maximum atomic E-state index is 12.8. The fraction of sp³-hybridized carbons (Fsp3) is 0.263. The second-order valence-corrected chi connectivity index (χ2v) is 7.73. The van der Waals surface area contributed by atoms with Crippen molar-refractivity contribution in [3.63, 3.8) is 0 Å². The molecule has 2 aromatic carbocycles. The minimum atomic E-state index is -3.96. The summed E-state index contributed by atoms with van der Waals surface area (Å²) in [6, 6.07) is 9.71. The summed E-state index contributed by atoms with van der Waals surface area (Å²) < 4.78 is 50.0. The number of halogens is 1. The van der Waals surface area contributed by atoms with Crippen molar-refractivity contribution >= 4 is 27.6 Å². The van der Waals surface area contributed by atoms with E-state index < -0.39 is 27.9 Å². The lowest BCUT2D eigenvalue weighted by Gasteiger charge is -2.14. The first-order chi connectivity index (χ1) is 13.7. The molecule has 156 valence electrons. The Kier molecular flexibility index (Phi) is 7.68. The molecular weight excluding hydrogens is 403 g/mol. The fourth-order valence-electron chi connectivity index (χ4n) is 2.23. The molecule has 2 rings (SSSR count). The molecule has 0 aliphatic heterocycles. The minimum Gasteiger partial charge on any atom is -0.490 e. The summed E-state index contributed by atoms with van der Waals surface area (Å²) in [7, 11) is -3.96. The smallest absolute Gasteiger partial charge is 0.324 e. The molecule has 0 aliphatic rings. The van der Waals surface area contributed by atoms with Gasteiger partial charge in [0.2, 0.25) is 15.9 Å². The molecular formula is C19H21FN2O6S. The summed E-state index contributed by atoms with van der Waals surface area (Å²) in [5, 5.41) is 2.53. The highest BCUT2D eigenvalue weighted by Crippen LogP contribution is 2.15. The van der Waals surface area contributed by atoms with Gasteiger partial charge in [0.25, 0.3) is 0 Å². The quantitative estimate of drug-likeness (QED) is 0.471. The molecule has 0 bridgehead atoms. The second kappa shape index (κ2) is 9.99. The van der Waals surface area contributed by atoms with Gasteiger partial charge in [-0.05, 0) is 55.5 Å². The molecule has 0 fully saturated rings. The fourth-order valence-corrected chi connectivity index (χ4v) is 3.42. The number of sulfonamides is 1. The van der Waals surface area contributed by atoms with Crippen molar-refractivity contribution in [3.8, 4) is 5.75 Å². The third-order valence-electron chi connectivity index (χ3n) is 3.58. The molecule has 0 unspecified atom stereocenters. The van der Waals surface area contributed by atoms with Gasteiger partial charge < -0.3 is 14.8 Å². The number of amides is 1. The Morgan fingerprint density at radius 3 is 2.24 bits per heavy atom. The Balaban J connectivity index is 1.82. The monoisotopic (exact) mass is 424 g/mol. The van der Waals surface area contributed by atoms with Crippen molar-refractivity contribution < 1.29 is 31.9 Å². The van der Waals surface area contributed by atoms with E-state index >= 15 is 0 Å². The molecule has 2 N–H and O–H groups in total. The van der Waals surface area contributed by atoms with Gasteiger partial charge in [0.15, 0.2) is 0 Å². The number of benzene rings is 2. The van der Waals surface area contributed by atoms with Crippen LogP contribution in [0.15, 0.2) is 53.4 Å². The van der Waals surface area contributed by atoms with Crippen LogP contribution in [0.5, 0.6) is 5.75 Å². The predicted molar refractivity (Wildman–Crippen MR) is 103 cm³/mol. The molecule has 0 aromatic heterocycles. The van der Waals surface area contributed by atoms with Gasteiger partial charge in [0.1, 0.15) is 30.8 Å². The number of hydrogen-bond acceptors (Lipinski definition) is 6. The van der Waals surface area contributed by atoms with E-state index in [1.165, 1.54) is 62.4 Å². The zero-order chi connectivity index (χ0) is 21.4. The van der Waals surface area contributed by atoms with Gasteiger partial charge >= 0.3 is 5.97 Å². The van der Waals surface area contributed by atoms with Crippen LogP contribution in [0.1, 0.15) is 13.8 Å². The van der Waals surface area contributed by atoms with Crippen LogP contribution in [-0.2, 0) is 24.3 Å². The number of rotatable bonds is 9. The van der Waals surface area contributed by atoms with Crippen LogP contribution in [0, 0.1) is 5.82 Å². The molecule has 0 aliphatic carbocycles. The Morgan fingerprint density at radius 1 is 1.03 bits per heavy atom. The summed E-state index contributed by atoms with van der Waals surface area (Å²) in [6.07, 6.45) is 0. The molecule has 0 spiro atoms. The maximum absolute atomic E-state index is 12.8. The summed E-state index contributed by atoms with van der Waals surface area (Å²) in [4.78, 5) is 22.9. The predicted octanol–water partition coefficient (Wildman–Crippen LogP) is 2.07. The highest BCUT2D eigenvalue weighted by molar-refractivity contribution is 7.89. The Bertz CT molecular complexity index is 946. The van der Waals surface area contributed by atoms with Crippen LogP contribution in [0.2, 0.25) is 0 Å². The number of esters is 1.